The van der Waals surface area contributed by atoms with Crippen LogP contribution in [0.15, 0.2) is 6.07 Å². The molecule has 20 heavy (non-hydrogen) atoms. The van der Waals surface area contributed by atoms with Crippen molar-refractivity contribution in [1.29, 1.82) is 0 Å². The van der Waals surface area contributed by atoms with Crippen molar-refractivity contribution in [2.75, 3.05) is 39.3 Å². The molecule has 0 spiro atoms. The number of aromatic nitrogens is 2. The summed E-state index contributed by atoms with van der Waals surface area (Å²) in [6.07, 6.45) is 0. The zero-order valence-corrected chi connectivity index (χ0v) is 12.5. The summed E-state index contributed by atoms with van der Waals surface area (Å²) >= 11 is 0. The topological polar surface area (TPSA) is 61.6 Å². The highest BCUT2D eigenvalue weighted by Gasteiger charge is 2.24. The minimum atomic E-state index is 0.0103. The van der Waals surface area contributed by atoms with E-state index >= 15 is 0 Å². The normalized spacial score (nSPS) is 16.9. The van der Waals surface area contributed by atoms with Crippen molar-refractivity contribution in [3.8, 4) is 0 Å². The van der Waals surface area contributed by atoms with Crippen LogP contribution in [-0.2, 0) is 7.05 Å². The molecule has 1 aromatic rings. The van der Waals surface area contributed by atoms with Gasteiger partial charge in [0.15, 0.2) is 5.69 Å². The first-order valence-electron chi connectivity index (χ1n) is 7.19. The molecule has 0 aliphatic carbocycles. The van der Waals surface area contributed by atoms with Crippen molar-refractivity contribution in [2.24, 2.45) is 7.05 Å². The van der Waals surface area contributed by atoms with E-state index in [4.69, 9.17) is 5.11 Å². The number of hydrogen-bond donors (Lipinski definition) is 1. The first-order chi connectivity index (χ1) is 9.52. The summed E-state index contributed by atoms with van der Waals surface area (Å²) in [5, 5.41) is 13.3. The lowest BCUT2D eigenvalue weighted by molar-refractivity contribution is 0.0608. The third kappa shape index (κ3) is 3.19. The van der Waals surface area contributed by atoms with E-state index in [0.29, 0.717) is 31.2 Å². The average molecular weight is 280 g/mol. The van der Waals surface area contributed by atoms with Crippen LogP contribution in [0.2, 0.25) is 0 Å². The number of rotatable bonds is 4. The van der Waals surface area contributed by atoms with Crippen LogP contribution in [0.25, 0.3) is 0 Å². The van der Waals surface area contributed by atoms with Gasteiger partial charge in [-0.1, -0.05) is 13.8 Å². The monoisotopic (exact) mass is 280 g/mol. The van der Waals surface area contributed by atoms with Crippen LogP contribution in [0.1, 0.15) is 35.9 Å². The summed E-state index contributed by atoms with van der Waals surface area (Å²) in [6, 6.07) is 1.90. The Labute approximate surface area is 120 Å². The van der Waals surface area contributed by atoms with Gasteiger partial charge < -0.3 is 10.0 Å². The summed E-state index contributed by atoms with van der Waals surface area (Å²) < 4.78 is 1.79. The maximum atomic E-state index is 12.4. The fraction of sp³-hybridized carbons (Fsp3) is 0.714. The molecule has 2 heterocycles. The molecular weight excluding hydrogens is 256 g/mol. The van der Waals surface area contributed by atoms with Gasteiger partial charge in [0.2, 0.25) is 0 Å². The Bertz CT molecular complexity index is 462. The molecule has 0 bridgehead atoms. The second-order valence-corrected chi connectivity index (χ2v) is 5.59. The molecule has 0 saturated carbocycles. The largest absolute Gasteiger partial charge is 0.395 e. The van der Waals surface area contributed by atoms with Gasteiger partial charge >= 0.3 is 0 Å². The van der Waals surface area contributed by atoms with Gasteiger partial charge in [0.05, 0.1) is 6.61 Å². The molecule has 1 aliphatic heterocycles. The maximum absolute atomic E-state index is 12.4. The van der Waals surface area contributed by atoms with Crippen LogP contribution in [0.4, 0.5) is 0 Å². The van der Waals surface area contributed by atoms with Gasteiger partial charge in [0.1, 0.15) is 0 Å². The third-order valence-electron chi connectivity index (χ3n) is 3.80. The first-order valence-corrected chi connectivity index (χ1v) is 7.19. The lowest BCUT2D eigenvalue weighted by atomic mass is 10.1. The molecule has 6 nitrogen and oxygen atoms in total. The zero-order valence-electron chi connectivity index (χ0n) is 12.5. The number of carbonyl (C=O) groups is 1. The van der Waals surface area contributed by atoms with E-state index in [1.54, 1.807) is 4.68 Å². The molecule has 1 aliphatic rings. The standard InChI is InChI=1S/C14H24N4O2/c1-11(2)13-10-12(15-16(13)3)14(20)18-6-4-17(5-7-18)8-9-19/h10-11,19H,4-9H2,1-3H3. The third-order valence-corrected chi connectivity index (χ3v) is 3.80. The van der Waals surface area contributed by atoms with Crippen LogP contribution in [0.3, 0.4) is 0 Å². The number of aliphatic hydroxyl groups is 1. The number of hydrogen-bond acceptors (Lipinski definition) is 4. The second kappa shape index (κ2) is 6.37. The first kappa shape index (κ1) is 15.0. The van der Waals surface area contributed by atoms with Gasteiger partial charge in [0.25, 0.3) is 5.91 Å². The van der Waals surface area contributed by atoms with Gasteiger partial charge in [-0.2, -0.15) is 5.10 Å². The van der Waals surface area contributed by atoms with Crippen LogP contribution in [0.5, 0.6) is 0 Å². The van der Waals surface area contributed by atoms with Crippen LogP contribution < -0.4 is 0 Å². The van der Waals surface area contributed by atoms with E-state index in [2.05, 4.69) is 23.8 Å². The summed E-state index contributed by atoms with van der Waals surface area (Å²) in [7, 11) is 1.88. The van der Waals surface area contributed by atoms with Crippen LogP contribution in [-0.4, -0.2) is 69.9 Å². The summed E-state index contributed by atoms with van der Waals surface area (Å²) in [5.41, 5.74) is 1.61. The highest BCUT2D eigenvalue weighted by atomic mass is 16.3. The van der Waals surface area contributed by atoms with Crippen molar-refractivity contribution in [2.45, 2.75) is 19.8 Å². The lowest BCUT2D eigenvalue weighted by Crippen LogP contribution is -2.49. The Morgan fingerprint density at radius 2 is 2.00 bits per heavy atom. The van der Waals surface area contributed by atoms with E-state index in [0.717, 1.165) is 18.8 Å². The second-order valence-electron chi connectivity index (χ2n) is 5.59. The molecule has 0 aromatic carbocycles. The molecule has 1 fully saturated rings. The number of piperazine rings is 1. The van der Waals surface area contributed by atoms with Crippen LogP contribution >= 0.6 is 0 Å². The lowest BCUT2D eigenvalue weighted by Gasteiger charge is -2.33. The van der Waals surface area contributed by atoms with E-state index in [1.807, 2.05) is 18.0 Å². The number of aliphatic hydroxyl groups excluding tert-OH is 1. The van der Waals surface area contributed by atoms with Gasteiger partial charge in [-0.3, -0.25) is 14.4 Å². The van der Waals surface area contributed by atoms with Gasteiger partial charge in [-0.25, -0.2) is 0 Å². The number of amides is 1. The number of carbonyl (C=O) groups excluding carboxylic acids is 1. The number of nitrogens with zero attached hydrogens (tertiary/aromatic N) is 4. The fourth-order valence-corrected chi connectivity index (χ4v) is 2.60. The zero-order chi connectivity index (χ0) is 14.7. The smallest absolute Gasteiger partial charge is 0.274 e. The van der Waals surface area contributed by atoms with E-state index in [9.17, 15) is 4.79 Å². The fourth-order valence-electron chi connectivity index (χ4n) is 2.60. The van der Waals surface area contributed by atoms with Gasteiger partial charge in [0, 0.05) is 45.5 Å². The molecule has 1 saturated heterocycles. The Hall–Kier alpha value is -1.40. The SMILES string of the molecule is CC(C)c1cc(C(=O)N2CCN(CCO)CC2)nn1C. The highest BCUT2D eigenvalue weighted by molar-refractivity contribution is 5.92. The van der Waals surface area contributed by atoms with E-state index in [-0.39, 0.29) is 12.5 Å². The Morgan fingerprint density at radius 3 is 2.50 bits per heavy atom. The highest BCUT2D eigenvalue weighted by Crippen LogP contribution is 2.16. The molecule has 2 rings (SSSR count). The van der Waals surface area contributed by atoms with Gasteiger partial charge in [-0.05, 0) is 12.0 Å². The minimum absolute atomic E-state index is 0.0103. The predicted molar refractivity (Wildman–Crippen MR) is 76.7 cm³/mol. The van der Waals surface area contributed by atoms with Crippen molar-refractivity contribution in [1.82, 2.24) is 19.6 Å². The average Bonchev–Trinajstić information content (AvgIpc) is 2.81. The van der Waals surface area contributed by atoms with Gasteiger partial charge in [-0.15, -0.1) is 0 Å². The summed E-state index contributed by atoms with van der Waals surface area (Å²) in [4.78, 5) is 16.5. The molecule has 0 atom stereocenters. The number of β-amino-alcohol motifs (C(OH)–C–C–N with tert-alkyl or cyclic N) is 1. The number of aryl methyl sites for hydroxylation is 1. The van der Waals surface area contributed by atoms with Crippen molar-refractivity contribution < 1.29 is 9.90 Å². The maximum Gasteiger partial charge on any atom is 0.274 e. The molecule has 1 N–H and O–H groups in total. The molecular formula is C14H24N4O2. The van der Waals surface area contributed by atoms with Crippen molar-refractivity contribution in [3.63, 3.8) is 0 Å². The quantitative estimate of drug-likeness (QED) is 0.861. The summed E-state index contributed by atoms with van der Waals surface area (Å²) in [5.74, 6) is 0.367. The Morgan fingerprint density at radius 1 is 1.35 bits per heavy atom. The van der Waals surface area contributed by atoms with Crippen molar-refractivity contribution >= 4 is 5.91 Å². The molecule has 0 unspecified atom stereocenters. The molecule has 112 valence electrons. The van der Waals surface area contributed by atoms with Crippen LogP contribution in [0, 0.1) is 0 Å². The van der Waals surface area contributed by atoms with E-state index < -0.39 is 0 Å². The Balaban J connectivity index is 2.00. The molecule has 1 aromatic heterocycles. The predicted octanol–water partition coefficient (Wildman–Crippen LogP) is 0.294. The van der Waals surface area contributed by atoms with Crippen molar-refractivity contribution in [3.05, 3.63) is 17.5 Å². The molecule has 6 heteroatoms. The minimum Gasteiger partial charge on any atom is -0.395 e. The summed E-state index contributed by atoms with van der Waals surface area (Å²) in [6.45, 7) is 8.08. The Kier molecular flexibility index (Phi) is 4.77. The molecule has 1 amide bonds. The van der Waals surface area contributed by atoms with E-state index in [1.165, 1.54) is 0 Å². The molecule has 0 radical (unpaired) electrons.